The number of hydrogen-bond acceptors (Lipinski definition) is 5. The van der Waals surface area contributed by atoms with Crippen molar-refractivity contribution in [3.8, 4) is 0 Å². The normalized spacial score (nSPS) is 18.7. The number of rotatable bonds is 5. The average Bonchev–Trinajstić information content (AvgIpc) is 2.32. The summed E-state index contributed by atoms with van der Waals surface area (Å²) in [5.41, 5.74) is -4.35. The molecule has 0 atom stereocenters. The van der Waals surface area contributed by atoms with Crippen molar-refractivity contribution in [1.29, 1.82) is 0 Å². The lowest BCUT2D eigenvalue weighted by Gasteiger charge is -2.34. The highest BCUT2D eigenvalue weighted by Gasteiger charge is 2.48. The van der Waals surface area contributed by atoms with Gasteiger partial charge in [-0.05, 0) is 37.7 Å². The Morgan fingerprint density at radius 2 is 1.86 bits per heavy atom. The number of thioether (sulfide) groups is 1. The fourth-order valence-corrected chi connectivity index (χ4v) is 3.88. The Labute approximate surface area is 132 Å². The van der Waals surface area contributed by atoms with E-state index >= 15 is 0 Å². The molecule has 2 N–H and O–H groups in total. The number of carbonyl (C=O) groups is 1. The predicted molar refractivity (Wildman–Crippen MR) is 78.4 cm³/mol. The lowest BCUT2D eigenvalue weighted by atomic mass is 9.96. The van der Waals surface area contributed by atoms with Crippen LogP contribution in [0.25, 0.3) is 0 Å². The molecular formula is C10H18ClF3N2O3S2. The Morgan fingerprint density at radius 1 is 1.33 bits per heavy atom. The van der Waals surface area contributed by atoms with Crippen molar-refractivity contribution >= 4 is 39.9 Å². The van der Waals surface area contributed by atoms with E-state index < -0.39 is 26.0 Å². The molecule has 1 fully saturated rings. The third-order valence-electron chi connectivity index (χ3n) is 3.19. The first-order valence-electron chi connectivity index (χ1n) is 5.98. The highest BCUT2D eigenvalue weighted by atomic mass is 35.5. The van der Waals surface area contributed by atoms with Crippen molar-refractivity contribution in [2.75, 3.05) is 31.6 Å². The minimum atomic E-state index is -4.35. The van der Waals surface area contributed by atoms with Crippen LogP contribution >= 0.6 is 24.2 Å². The van der Waals surface area contributed by atoms with Crippen LogP contribution in [0.2, 0.25) is 0 Å². The molecule has 11 heteroatoms. The third kappa shape index (κ3) is 5.84. The highest BCUT2D eigenvalue weighted by Crippen LogP contribution is 2.30. The van der Waals surface area contributed by atoms with E-state index in [4.69, 9.17) is 0 Å². The lowest BCUT2D eigenvalue weighted by Crippen LogP contribution is -2.57. The summed E-state index contributed by atoms with van der Waals surface area (Å²) in [6, 6.07) is 0. The molecule has 0 bridgehead atoms. The molecular weight excluding hydrogens is 353 g/mol. The fourth-order valence-electron chi connectivity index (χ4n) is 2.09. The second-order valence-corrected chi connectivity index (χ2v) is 8.05. The van der Waals surface area contributed by atoms with E-state index in [0.717, 1.165) is 6.26 Å². The van der Waals surface area contributed by atoms with Crippen molar-refractivity contribution in [3.05, 3.63) is 0 Å². The number of alkyl halides is 3. The molecule has 1 saturated heterocycles. The van der Waals surface area contributed by atoms with Gasteiger partial charge in [-0.1, -0.05) is 0 Å². The van der Waals surface area contributed by atoms with E-state index in [1.165, 1.54) is 0 Å². The van der Waals surface area contributed by atoms with Gasteiger partial charge in [0.1, 0.15) is 0 Å². The first kappa shape index (κ1) is 20.8. The number of amides is 1. The van der Waals surface area contributed by atoms with Gasteiger partial charge in [0, 0.05) is 18.6 Å². The molecule has 1 aliphatic heterocycles. The van der Waals surface area contributed by atoms with Crippen molar-refractivity contribution in [2.24, 2.45) is 0 Å². The Kier molecular flexibility index (Phi) is 7.82. The summed E-state index contributed by atoms with van der Waals surface area (Å²) in [5.74, 6) is -1.04. The molecule has 0 radical (unpaired) electrons. The molecule has 1 heterocycles. The zero-order chi connectivity index (χ0) is 15.4. The number of carbonyl (C=O) groups excluding carboxylic acids is 1. The average molecular weight is 371 g/mol. The van der Waals surface area contributed by atoms with Crippen LogP contribution in [0.3, 0.4) is 0 Å². The molecule has 0 unspecified atom stereocenters. The molecule has 126 valence electrons. The number of piperidine rings is 1. The van der Waals surface area contributed by atoms with Crippen molar-refractivity contribution in [2.45, 2.75) is 23.1 Å². The largest absolute Gasteiger partial charge is 0.441 e. The Hall–Kier alpha value is -0.190. The van der Waals surface area contributed by atoms with Gasteiger partial charge in [0.15, 0.2) is 14.6 Å². The third-order valence-corrected chi connectivity index (χ3v) is 5.94. The molecule has 21 heavy (non-hydrogen) atoms. The maximum Gasteiger partial charge on any atom is 0.441 e. The number of halogens is 4. The SMILES string of the molecule is CS(=O)(=O)C1(C(=O)NCCSC(F)(F)F)CCNCC1.Cl. The van der Waals surface area contributed by atoms with Gasteiger partial charge in [0.25, 0.3) is 0 Å². The molecule has 0 aromatic heterocycles. The Balaban J connectivity index is 0.00000400. The molecule has 0 aromatic rings. The van der Waals surface area contributed by atoms with Crippen molar-refractivity contribution in [3.63, 3.8) is 0 Å². The summed E-state index contributed by atoms with van der Waals surface area (Å²) in [6.07, 6.45) is 1.25. The molecule has 1 amide bonds. The summed E-state index contributed by atoms with van der Waals surface area (Å²) in [5, 5.41) is 5.26. The van der Waals surface area contributed by atoms with Gasteiger partial charge in [-0.3, -0.25) is 4.79 Å². The van der Waals surface area contributed by atoms with Crippen LogP contribution in [0.5, 0.6) is 0 Å². The Morgan fingerprint density at radius 3 is 2.29 bits per heavy atom. The second-order valence-electron chi connectivity index (χ2n) is 4.57. The quantitative estimate of drug-likeness (QED) is 0.705. The van der Waals surface area contributed by atoms with Crippen LogP contribution in [0.4, 0.5) is 13.2 Å². The van der Waals surface area contributed by atoms with Crippen LogP contribution in [0.1, 0.15) is 12.8 Å². The number of hydrogen-bond donors (Lipinski definition) is 2. The van der Waals surface area contributed by atoms with Crippen molar-refractivity contribution in [1.82, 2.24) is 10.6 Å². The van der Waals surface area contributed by atoms with E-state index in [-0.39, 0.29) is 49.3 Å². The zero-order valence-electron chi connectivity index (χ0n) is 11.3. The lowest BCUT2D eigenvalue weighted by molar-refractivity contribution is -0.124. The smallest absolute Gasteiger partial charge is 0.354 e. The monoisotopic (exact) mass is 370 g/mol. The van der Waals surface area contributed by atoms with Crippen LogP contribution in [-0.2, 0) is 14.6 Å². The fraction of sp³-hybridized carbons (Fsp3) is 0.900. The maximum absolute atomic E-state index is 12.1. The van der Waals surface area contributed by atoms with Crippen molar-refractivity contribution < 1.29 is 26.4 Å². The molecule has 0 spiro atoms. The summed E-state index contributed by atoms with van der Waals surface area (Å²) in [4.78, 5) is 12.1. The summed E-state index contributed by atoms with van der Waals surface area (Å²) < 4.78 is 58.0. The summed E-state index contributed by atoms with van der Waals surface area (Å²) in [7, 11) is -3.63. The van der Waals surface area contributed by atoms with Crippen LogP contribution in [0, 0.1) is 0 Å². The van der Waals surface area contributed by atoms with Gasteiger partial charge in [-0.25, -0.2) is 8.42 Å². The minimum Gasteiger partial charge on any atom is -0.354 e. The molecule has 1 aliphatic rings. The first-order valence-corrected chi connectivity index (χ1v) is 8.85. The van der Waals surface area contributed by atoms with Gasteiger partial charge in [-0.2, -0.15) is 13.2 Å². The van der Waals surface area contributed by atoms with E-state index in [0.29, 0.717) is 13.1 Å². The molecule has 1 rings (SSSR count). The molecule has 0 aromatic carbocycles. The standard InChI is InChI=1S/C10H17F3N2O3S2.ClH/c1-20(17,18)9(2-4-14-5-3-9)8(16)15-6-7-19-10(11,12)13;/h14H,2-7H2,1H3,(H,15,16);1H. The van der Waals surface area contributed by atoms with E-state index in [9.17, 15) is 26.4 Å². The van der Waals surface area contributed by atoms with E-state index in [1.807, 2.05) is 0 Å². The second kappa shape index (κ2) is 7.89. The number of nitrogens with one attached hydrogen (secondary N) is 2. The van der Waals surface area contributed by atoms with Gasteiger partial charge in [0.05, 0.1) is 0 Å². The summed E-state index contributed by atoms with van der Waals surface area (Å²) >= 11 is -0.248. The summed E-state index contributed by atoms with van der Waals surface area (Å²) in [6.45, 7) is 0.559. The number of sulfone groups is 1. The molecule has 0 saturated carbocycles. The minimum absolute atomic E-state index is 0. The highest BCUT2D eigenvalue weighted by molar-refractivity contribution is 8.00. The van der Waals surface area contributed by atoms with E-state index in [1.54, 1.807) is 0 Å². The Bertz CT molecular complexity index is 451. The topological polar surface area (TPSA) is 75.3 Å². The van der Waals surface area contributed by atoms with Gasteiger partial charge >= 0.3 is 5.51 Å². The maximum atomic E-state index is 12.1. The molecule has 0 aliphatic carbocycles. The van der Waals surface area contributed by atoms with Gasteiger partial charge in [-0.15, -0.1) is 12.4 Å². The zero-order valence-corrected chi connectivity index (χ0v) is 13.8. The van der Waals surface area contributed by atoms with E-state index in [2.05, 4.69) is 10.6 Å². The van der Waals surface area contributed by atoms with Gasteiger partial charge in [0.2, 0.25) is 5.91 Å². The predicted octanol–water partition coefficient (Wildman–Crippen LogP) is 0.944. The first-order chi connectivity index (χ1) is 9.08. The molecule has 5 nitrogen and oxygen atoms in total. The van der Waals surface area contributed by atoms with Crippen LogP contribution < -0.4 is 10.6 Å². The van der Waals surface area contributed by atoms with Gasteiger partial charge < -0.3 is 10.6 Å². The van der Waals surface area contributed by atoms with Crippen LogP contribution in [0.15, 0.2) is 0 Å². The van der Waals surface area contributed by atoms with Crippen LogP contribution in [-0.4, -0.2) is 56.2 Å².